The summed E-state index contributed by atoms with van der Waals surface area (Å²) in [5, 5.41) is 0. The molecule has 0 amide bonds. The van der Waals surface area contributed by atoms with Crippen molar-refractivity contribution in [2.24, 2.45) is 0 Å². The van der Waals surface area contributed by atoms with E-state index in [-0.39, 0.29) is 0 Å². The van der Waals surface area contributed by atoms with Gasteiger partial charge in [0.25, 0.3) is 0 Å². The van der Waals surface area contributed by atoms with Crippen LogP contribution >= 0.6 is 9.24 Å². The fraction of sp³-hybridized carbons (Fsp3) is 0.600. The molecule has 1 atom stereocenters. The Bertz CT molecular complexity index is 477. The van der Waals surface area contributed by atoms with Crippen molar-refractivity contribution < 1.29 is 0 Å². The van der Waals surface area contributed by atoms with Crippen molar-refractivity contribution in [3.63, 3.8) is 0 Å². The van der Waals surface area contributed by atoms with Crippen LogP contribution in [-0.2, 0) is 0 Å². The molecule has 0 radical (unpaired) electrons. The molecule has 1 aromatic carbocycles. The molecule has 2 fully saturated rings. The molecule has 21 heavy (non-hydrogen) atoms. The molecule has 0 aliphatic heterocycles. The first-order chi connectivity index (χ1) is 10.4. The van der Waals surface area contributed by atoms with Gasteiger partial charge in [-0.05, 0) is 54.2 Å². The van der Waals surface area contributed by atoms with E-state index in [0.717, 1.165) is 11.8 Å². The molecule has 2 aliphatic carbocycles. The summed E-state index contributed by atoms with van der Waals surface area (Å²) in [6.45, 7) is 0. The molecule has 0 aromatic heterocycles. The molecule has 2 saturated carbocycles. The number of benzene rings is 1. The Morgan fingerprint density at radius 1 is 0.810 bits per heavy atom. The van der Waals surface area contributed by atoms with E-state index in [2.05, 4.69) is 39.3 Å². The summed E-state index contributed by atoms with van der Waals surface area (Å²) in [5.74, 6) is 3.75. The van der Waals surface area contributed by atoms with Crippen LogP contribution in [0.2, 0.25) is 0 Å². The summed E-state index contributed by atoms with van der Waals surface area (Å²) in [5.41, 5.74) is 4.71. The topological polar surface area (TPSA) is 0 Å². The molecule has 0 saturated heterocycles. The highest BCUT2D eigenvalue weighted by atomic mass is 31.0. The second-order valence-electron chi connectivity index (χ2n) is 6.92. The van der Waals surface area contributed by atoms with Crippen molar-refractivity contribution in [1.82, 2.24) is 0 Å². The van der Waals surface area contributed by atoms with E-state index in [9.17, 15) is 0 Å². The molecule has 0 spiro atoms. The van der Waals surface area contributed by atoms with Crippen LogP contribution < -0.4 is 0 Å². The zero-order chi connectivity index (χ0) is 14.5. The third-order valence-corrected chi connectivity index (χ3v) is 5.70. The quantitative estimate of drug-likeness (QED) is 0.550. The first-order valence-electron chi connectivity index (χ1n) is 8.90. The van der Waals surface area contributed by atoms with Gasteiger partial charge in [-0.1, -0.05) is 68.6 Å². The van der Waals surface area contributed by atoms with E-state index < -0.39 is 0 Å². The third kappa shape index (κ3) is 3.78. The van der Waals surface area contributed by atoms with Crippen molar-refractivity contribution >= 4 is 15.3 Å². The van der Waals surface area contributed by atoms with Crippen LogP contribution in [-0.4, -0.2) is 0 Å². The molecule has 1 unspecified atom stereocenters. The van der Waals surface area contributed by atoms with Gasteiger partial charge in [-0.15, -0.1) is 9.24 Å². The second kappa shape index (κ2) is 7.59. The fourth-order valence-electron chi connectivity index (χ4n) is 4.31. The van der Waals surface area contributed by atoms with Crippen LogP contribution in [0.4, 0.5) is 0 Å². The highest BCUT2D eigenvalue weighted by molar-refractivity contribution is 7.21. The molecule has 114 valence electrons. The maximum atomic E-state index is 2.73. The van der Waals surface area contributed by atoms with Crippen LogP contribution in [0.3, 0.4) is 0 Å². The molecule has 0 heterocycles. The zero-order valence-corrected chi connectivity index (χ0v) is 14.3. The van der Waals surface area contributed by atoms with Crippen LogP contribution in [0.25, 0.3) is 6.08 Å². The lowest BCUT2D eigenvalue weighted by Gasteiger charge is -2.27. The molecule has 3 rings (SSSR count). The SMILES string of the molecule is P/C=C/c1ccc(C2CCCCC2)cc1C1CCCCC1. The van der Waals surface area contributed by atoms with Crippen molar-refractivity contribution in [3.8, 4) is 0 Å². The minimum atomic E-state index is 0.804. The Hall–Kier alpha value is -0.610. The largest absolute Gasteiger partial charge is 0.114 e. The maximum absolute atomic E-state index is 2.73. The van der Waals surface area contributed by atoms with Gasteiger partial charge in [0.05, 0.1) is 0 Å². The summed E-state index contributed by atoms with van der Waals surface area (Å²) >= 11 is 0. The minimum absolute atomic E-state index is 0.804. The number of hydrogen-bond donors (Lipinski definition) is 0. The van der Waals surface area contributed by atoms with Gasteiger partial charge in [-0.3, -0.25) is 0 Å². The first-order valence-corrected chi connectivity index (χ1v) is 9.57. The lowest BCUT2D eigenvalue weighted by molar-refractivity contribution is 0.435. The average Bonchev–Trinajstić information content (AvgIpc) is 2.57. The fourth-order valence-corrected chi connectivity index (χ4v) is 4.51. The zero-order valence-electron chi connectivity index (χ0n) is 13.2. The van der Waals surface area contributed by atoms with Gasteiger partial charge in [0.2, 0.25) is 0 Å². The van der Waals surface area contributed by atoms with Gasteiger partial charge in [0.15, 0.2) is 0 Å². The highest BCUT2D eigenvalue weighted by Gasteiger charge is 2.21. The van der Waals surface area contributed by atoms with Crippen LogP contribution in [0.1, 0.15) is 92.7 Å². The smallest absolute Gasteiger partial charge is 0.0156 e. The summed E-state index contributed by atoms with van der Waals surface area (Å²) in [4.78, 5) is 0. The second-order valence-corrected chi connectivity index (χ2v) is 7.30. The Morgan fingerprint density at radius 3 is 2.05 bits per heavy atom. The molecule has 1 heteroatoms. The van der Waals surface area contributed by atoms with Gasteiger partial charge in [0, 0.05) is 0 Å². The standard InChI is InChI=1S/C20H29P/c21-14-13-18-11-12-19(16-7-3-1-4-8-16)15-20(18)17-9-5-2-6-10-17/h11-17H,1-10,21H2/b14-13+. The van der Waals surface area contributed by atoms with Crippen LogP contribution in [0, 0.1) is 0 Å². The maximum Gasteiger partial charge on any atom is -0.0156 e. The number of rotatable bonds is 3. The number of hydrogen-bond acceptors (Lipinski definition) is 0. The monoisotopic (exact) mass is 300 g/mol. The Morgan fingerprint density at radius 2 is 1.43 bits per heavy atom. The average molecular weight is 300 g/mol. The normalized spacial score (nSPS) is 22.0. The lowest BCUT2D eigenvalue weighted by atomic mass is 9.78. The first kappa shape index (κ1) is 15.3. The summed E-state index contributed by atoms with van der Waals surface area (Å²) < 4.78 is 0. The Balaban J connectivity index is 1.89. The van der Waals surface area contributed by atoms with Crippen LogP contribution in [0.15, 0.2) is 24.0 Å². The Labute approximate surface area is 132 Å². The van der Waals surface area contributed by atoms with Crippen molar-refractivity contribution in [2.75, 3.05) is 0 Å². The van der Waals surface area contributed by atoms with Crippen LogP contribution in [0.5, 0.6) is 0 Å². The van der Waals surface area contributed by atoms with Crippen molar-refractivity contribution in [1.29, 1.82) is 0 Å². The van der Waals surface area contributed by atoms with Gasteiger partial charge < -0.3 is 0 Å². The van der Waals surface area contributed by atoms with E-state index in [1.54, 1.807) is 11.1 Å². The van der Waals surface area contributed by atoms with Gasteiger partial charge in [0.1, 0.15) is 0 Å². The molecule has 0 N–H and O–H groups in total. The van der Waals surface area contributed by atoms with E-state index in [1.165, 1.54) is 69.8 Å². The van der Waals surface area contributed by atoms with E-state index in [1.807, 2.05) is 0 Å². The van der Waals surface area contributed by atoms with Crippen molar-refractivity contribution in [3.05, 3.63) is 40.7 Å². The Kier molecular flexibility index (Phi) is 5.53. The third-order valence-electron chi connectivity index (χ3n) is 5.51. The molecule has 1 aromatic rings. The summed E-state index contributed by atoms with van der Waals surface area (Å²) in [7, 11) is 2.73. The molecule has 0 nitrogen and oxygen atoms in total. The summed E-state index contributed by atoms with van der Waals surface area (Å²) in [6.07, 6.45) is 16.5. The van der Waals surface area contributed by atoms with E-state index in [0.29, 0.717) is 0 Å². The van der Waals surface area contributed by atoms with E-state index in [4.69, 9.17) is 0 Å². The summed E-state index contributed by atoms with van der Waals surface area (Å²) in [6, 6.07) is 7.36. The highest BCUT2D eigenvalue weighted by Crippen LogP contribution is 2.39. The molecule has 2 aliphatic rings. The predicted octanol–water partition coefficient (Wildman–Crippen LogP) is 6.63. The van der Waals surface area contributed by atoms with E-state index >= 15 is 0 Å². The molecular weight excluding hydrogens is 271 g/mol. The predicted molar refractivity (Wildman–Crippen MR) is 96.8 cm³/mol. The van der Waals surface area contributed by atoms with Crippen molar-refractivity contribution in [2.45, 2.75) is 76.0 Å². The van der Waals surface area contributed by atoms with Gasteiger partial charge >= 0.3 is 0 Å². The minimum Gasteiger partial charge on any atom is -0.114 e. The van der Waals surface area contributed by atoms with Gasteiger partial charge in [-0.25, -0.2) is 0 Å². The molecular formula is C20H29P. The lowest BCUT2D eigenvalue weighted by Crippen LogP contribution is -2.09. The molecule has 0 bridgehead atoms. The van der Waals surface area contributed by atoms with Gasteiger partial charge in [-0.2, -0.15) is 0 Å².